The van der Waals surface area contributed by atoms with Crippen molar-refractivity contribution in [3.63, 3.8) is 0 Å². The minimum absolute atomic E-state index is 0.0787. The molecule has 22 heavy (non-hydrogen) atoms. The van der Waals surface area contributed by atoms with E-state index in [1.54, 1.807) is 12.1 Å². The van der Waals surface area contributed by atoms with E-state index in [2.05, 4.69) is 5.32 Å². The predicted molar refractivity (Wildman–Crippen MR) is 81.3 cm³/mol. The second kappa shape index (κ2) is 8.46. The summed E-state index contributed by atoms with van der Waals surface area (Å²) in [5.74, 6) is 0.246. The number of amides is 2. The summed E-state index contributed by atoms with van der Waals surface area (Å²) in [6.07, 6.45) is -0.677. The van der Waals surface area contributed by atoms with Gasteiger partial charge in [-0.3, -0.25) is 10.1 Å². The molecule has 0 atom stereocenters. The van der Waals surface area contributed by atoms with Gasteiger partial charge in [-0.15, -0.1) is 0 Å². The van der Waals surface area contributed by atoms with E-state index in [4.69, 9.17) is 9.47 Å². The van der Waals surface area contributed by atoms with Crippen LogP contribution in [0.3, 0.4) is 0 Å². The Balaban J connectivity index is 1.63. The Kier molecular flexibility index (Phi) is 5.99. The van der Waals surface area contributed by atoms with Crippen molar-refractivity contribution in [1.29, 1.82) is 0 Å². The van der Waals surface area contributed by atoms with Crippen molar-refractivity contribution in [2.24, 2.45) is 0 Å². The summed E-state index contributed by atoms with van der Waals surface area (Å²) in [7, 11) is 0. The maximum Gasteiger partial charge on any atom is 0.414 e. The second-order valence-corrected chi connectivity index (χ2v) is 4.52. The number of carbonyl (C=O) groups excluding carboxylic acids is 2. The van der Waals surface area contributed by atoms with Gasteiger partial charge in [0, 0.05) is 0 Å². The number of para-hydroxylation sites is 1. The van der Waals surface area contributed by atoms with E-state index < -0.39 is 12.0 Å². The van der Waals surface area contributed by atoms with Gasteiger partial charge in [-0.25, -0.2) is 4.79 Å². The van der Waals surface area contributed by atoms with Crippen LogP contribution in [-0.2, 0) is 16.1 Å². The van der Waals surface area contributed by atoms with E-state index in [1.807, 2.05) is 48.5 Å². The number of rotatable bonds is 6. The minimum Gasteiger partial charge on any atom is -0.493 e. The van der Waals surface area contributed by atoms with Crippen LogP contribution in [-0.4, -0.2) is 18.6 Å². The molecule has 5 heteroatoms. The Morgan fingerprint density at radius 2 is 1.55 bits per heavy atom. The molecule has 1 N–H and O–H groups in total. The van der Waals surface area contributed by atoms with Crippen LogP contribution in [0.1, 0.15) is 12.0 Å². The van der Waals surface area contributed by atoms with E-state index in [1.165, 1.54) is 0 Å². The van der Waals surface area contributed by atoms with Gasteiger partial charge < -0.3 is 9.47 Å². The molecule has 0 radical (unpaired) electrons. The van der Waals surface area contributed by atoms with Gasteiger partial charge in [0.2, 0.25) is 5.91 Å². The fraction of sp³-hybridized carbons (Fsp3) is 0.176. The Labute approximate surface area is 128 Å². The third-order valence-corrected chi connectivity index (χ3v) is 2.80. The molecule has 0 aliphatic heterocycles. The van der Waals surface area contributed by atoms with Gasteiger partial charge in [-0.05, 0) is 17.7 Å². The zero-order chi connectivity index (χ0) is 15.6. The summed E-state index contributed by atoms with van der Waals surface area (Å²) in [6, 6.07) is 18.4. The molecule has 0 fully saturated rings. The van der Waals surface area contributed by atoms with Gasteiger partial charge in [0.25, 0.3) is 0 Å². The summed E-state index contributed by atoms with van der Waals surface area (Å²) >= 11 is 0. The highest BCUT2D eigenvalue weighted by Gasteiger charge is 2.09. The number of benzene rings is 2. The fourth-order valence-electron chi connectivity index (χ4n) is 1.71. The van der Waals surface area contributed by atoms with Crippen LogP contribution in [0.15, 0.2) is 60.7 Å². The molecular weight excluding hydrogens is 282 g/mol. The van der Waals surface area contributed by atoms with E-state index >= 15 is 0 Å². The van der Waals surface area contributed by atoms with Crippen molar-refractivity contribution in [3.8, 4) is 5.75 Å². The zero-order valence-electron chi connectivity index (χ0n) is 12.0. The smallest absolute Gasteiger partial charge is 0.414 e. The van der Waals surface area contributed by atoms with Crippen molar-refractivity contribution >= 4 is 12.0 Å². The molecular formula is C17H17NO4. The van der Waals surface area contributed by atoms with Crippen LogP contribution < -0.4 is 10.1 Å². The molecule has 2 aromatic rings. The number of imide groups is 1. The minimum atomic E-state index is -0.756. The molecule has 5 nitrogen and oxygen atoms in total. The third-order valence-electron chi connectivity index (χ3n) is 2.80. The van der Waals surface area contributed by atoms with Crippen molar-refractivity contribution < 1.29 is 19.1 Å². The van der Waals surface area contributed by atoms with Gasteiger partial charge in [0.05, 0.1) is 13.0 Å². The van der Waals surface area contributed by atoms with Gasteiger partial charge >= 0.3 is 6.09 Å². The highest BCUT2D eigenvalue weighted by atomic mass is 16.5. The quantitative estimate of drug-likeness (QED) is 0.890. The average molecular weight is 299 g/mol. The van der Waals surface area contributed by atoms with Crippen molar-refractivity contribution in [1.82, 2.24) is 5.32 Å². The maximum atomic E-state index is 11.6. The van der Waals surface area contributed by atoms with Gasteiger partial charge in [-0.1, -0.05) is 48.5 Å². The lowest BCUT2D eigenvalue weighted by atomic mass is 10.2. The SMILES string of the molecule is O=C(CCOc1ccccc1)NC(=O)OCc1ccccc1. The van der Waals surface area contributed by atoms with Crippen LogP contribution >= 0.6 is 0 Å². The number of hydrogen-bond acceptors (Lipinski definition) is 4. The Morgan fingerprint density at radius 1 is 0.909 bits per heavy atom. The highest BCUT2D eigenvalue weighted by Crippen LogP contribution is 2.08. The molecule has 2 aromatic carbocycles. The first-order valence-corrected chi connectivity index (χ1v) is 6.92. The number of hydrogen-bond donors (Lipinski definition) is 1. The molecule has 0 aliphatic carbocycles. The Bertz CT molecular complexity index is 599. The number of carbonyl (C=O) groups is 2. The van der Waals surface area contributed by atoms with Crippen LogP contribution in [0.4, 0.5) is 4.79 Å². The lowest BCUT2D eigenvalue weighted by Gasteiger charge is -2.07. The van der Waals surface area contributed by atoms with Crippen LogP contribution in [0.2, 0.25) is 0 Å². The molecule has 0 aliphatic rings. The molecule has 0 heterocycles. The standard InChI is InChI=1S/C17H17NO4/c19-16(11-12-21-15-9-5-2-6-10-15)18-17(20)22-13-14-7-3-1-4-8-14/h1-10H,11-13H2,(H,18,19,20). The summed E-state index contributed by atoms with van der Waals surface area (Å²) in [5, 5.41) is 2.16. The molecule has 114 valence electrons. The first-order valence-electron chi connectivity index (χ1n) is 6.92. The maximum absolute atomic E-state index is 11.6. The van der Waals surface area contributed by atoms with Crippen molar-refractivity contribution in [2.45, 2.75) is 13.0 Å². The Hall–Kier alpha value is -2.82. The summed E-state index contributed by atoms with van der Waals surface area (Å²) in [5.41, 5.74) is 0.859. The summed E-state index contributed by atoms with van der Waals surface area (Å²) in [6.45, 7) is 0.322. The molecule has 0 saturated heterocycles. The van der Waals surface area contributed by atoms with Crippen molar-refractivity contribution in [3.05, 3.63) is 66.2 Å². The molecule has 2 amide bonds. The topological polar surface area (TPSA) is 64.6 Å². The van der Waals surface area contributed by atoms with Crippen LogP contribution in [0.5, 0.6) is 5.75 Å². The van der Waals surface area contributed by atoms with Crippen molar-refractivity contribution in [2.75, 3.05) is 6.61 Å². The van der Waals surface area contributed by atoms with Crippen LogP contribution in [0, 0.1) is 0 Å². The van der Waals surface area contributed by atoms with Crippen LogP contribution in [0.25, 0.3) is 0 Å². The second-order valence-electron chi connectivity index (χ2n) is 4.52. The monoisotopic (exact) mass is 299 g/mol. The first kappa shape index (κ1) is 15.6. The normalized spacial score (nSPS) is 9.82. The largest absolute Gasteiger partial charge is 0.493 e. The molecule has 0 aromatic heterocycles. The third kappa shape index (κ3) is 5.66. The number of nitrogens with one attached hydrogen (secondary N) is 1. The van der Waals surface area contributed by atoms with E-state index in [-0.39, 0.29) is 19.6 Å². The number of alkyl carbamates (subject to hydrolysis) is 1. The van der Waals surface area contributed by atoms with E-state index in [9.17, 15) is 9.59 Å². The number of ether oxygens (including phenoxy) is 2. The molecule has 0 saturated carbocycles. The Morgan fingerprint density at radius 3 is 2.23 bits per heavy atom. The van der Waals surface area contributed by atoms with E-state index in [0.717, 1.165) is 5.56 Å². The predicted octanol–water partition coefficient (Wildman–Crippen LogP) is 2.91. The lowest BCUT2D eigenvalue weighted by molar-refractivity contribution is -0.120. The first-order chi connectivity index (χ1) is 10.7. The van der Waals surface area contributed by atoms with Gasteiger partial charge in [-0.2, -0.15) is 0 Å². The molecule has 0 bridgehead atoms. The molecule has 0 unspecified atom stereocenters. The lowest BCUT2D eigenvalue weighted by Crippen LogP contribution is -2.31. The zero-order valence-corrected chi connectivity index (χ0v) is 12.0. The highest BCUT2D eigenvalue weighted by molar-refractivity contribution is 5.91. The fourth-order valence-corrected chi connectivity index (χ4v) is 1.71. The molecule has 0 spiro atoms. The van der Waals surface area contributed by atoms with Gasteiger partial charge in [0.15, 0.2) is 0 Å². The van der Waals surface area contributed by atoms with E-state index in [0.29, 0.717) is 5.75 Å². The summed E-state index contributed by atoms with van der Waals surface area (Å²) < 4.78 is 10.3. The van der Waals surface area contributed by atoms with Gasteiger partial charge in [0.1, 0.15) is 12.4 Å². The summed E-state index contributed by atoms with van der Waals surface area (Å²) in [4.78, 5) is 23.0. The molecule has 2 rings (SSSR count). The average Bonchev–Trinajstić information content (AvgIpc) is 2.55.